The first kappa shape index (κ1) is 15.6. The van der Waals surface area contributed by atoms with Crippen LogP contribution in [-0.2, 0) is 19.4 Å². The molecule has 21 heavy (non-hydrogen) atoms. The molecule has 0 radical (unpaired) electrons. The molecule has 0 fully saturated rings. The van der Waals surface area contributed by atoms with Crippen molar-refractivity contribution >= 4 is 17.4 Å². The van der Waals surface area contributed by atoms with Gasteiger partial charge in [0.25, 0.3) is 0 Å². The quantitative estimate of drug-likeness (QED) is 0.787. The largest absolute Gasteiger partial charge is 0.294 e. The molecule has 6 heteroatoms. The number of carbonyl (C=O) groups is 1. The molecule has 0 saturated heterocycles. The number of carbonyl (C=O) groups excluding carboxylic acids is 1. The average molecular weight is 313 g/mol. The summed E-state index contributed by atoms with van der Waals surface area (Å²) in [4.78, 5) is 12.2. The van der Waals surface area contributed by atoms with Crippen LogP contribution in [0.3, 0.4) is 0 Å². The second-order valence-electron chi connectivity index (χ2n) is 4.63. The highest BCUT2D eigenvalue weighted by Crippen LogP contribution is 2.23. The van der Waals surface area contributed by atoms with Gasteiger partial charge in [0.1, 0.15) is 11.6 Å². The van der Waals surface area contributed by atoms with Gasteiger partial charge in [-0.1, -0.05) is 18.5 Å². The summed E-state index contributed by atoms with van der Waals surface area (Å²) >= 11 is 6.22. The number of aromatic nitrogens is 2. The third-order valence-corrected chi connectivity index (χ3v) is 3.64. The van der Waals surface area contributed by atoms with E-state index in [4.69, 9.17) is 11.6 Å². The molecule has 0 spiro atoms. The Morgan fingerprint density at radius 3 is 2.38 bits per heavy atom. The predicted octanol–water partition coefficient (Wildman–Crippen LogP) is 3.82. The van der Waals surface area contributed by atoms with Crippen LogP contribution in [0.15, 0.2) is 18.2 Å². The minimum atomic E-state index is -0.775. The molecule has 0 aliphatic rings. The van der Waals surface area contributed by atoms with Gasteiger partial charge >= 0.3 is 0 Å². The van der Waals surface area contributed by atoms with Gasteiger partial charge < -0.3 is 0 Å². The number of aryl methyl sites for hydroxylation is 2. The molecule has 0 aliphatic heterocycles. The molecular weight excluding hydrogens is 298 g/mol. The van der Waals surface area contributed by atoms with Crippen molar-refractivity contribution < 1.29 is 13.6 Å². The van der Waals surface area contributed by atoms with E-state index in [0.29, 0.717) is 29.4 Å². The maximum atomic E-state index is 13.2. The Balaban J connectivity index is 2.33. The lowest BCUT2D eigenvalue weighted by molar-refractivity contribution is 0.0989. The molecule has 3 nitrogen and oxygen atoms in total. The van der Waals surface area contributed by atoms with Crippen molar-refractivity contribution in [3.63, 3.8) is 0 Å². The van der Waals surface area contributed by atoms with E-state index in [1.54, 1.807) is 4.68 Å². The summed E-state index contributed by atoms with van der Waals surface area (Å²) in [5.41, 5.74) is 1.28. The first-order valence-corrected chi connectivity index (χ1v) is 7.07. The molecule has 2 rings (SSSR count). The predicted molar refractivity (Wildman–Crippen MR) is 76.7 cm³/mol. The number of rotatable bonds is 5. The molecule has 0 amide bonds. The van der Waals surface area contributed by atoms with Crippen LogP contribution >= 0.6 is 11.6 Å². The first-order chi connectivity index (χ1) is 9.96. The van der Waals surface area contributed by atoms with E-state index >= 15 is 0 Å². The van der Waals surface area contributed by atoms with Crippen LogP contribution in [0.2, 0.25) is 5.02 Å². The number of hydrogen-bond acceptors (Lipinski definition) is 2. The number of hydrogen-bond donors (Lipinski definition) is 0. The summed E-state index contributed by atoms with van der Waals surface area (Å²) in [6, 6.07) is 2.77. The maximum absolute atomic E-state index is 13.2. The molecule has 1 heterocycles. The van der Waals surface area contributed by atoms with E-state index in [1.807, 2.05) is 13.8 Å². The third kappa shape index (κ3) is 3.29. The zero-order chi connectivity index (χ0) is 15.6. The van der Waals surface area contributed by atoms with Crippen molar-refractivity contribution in [2.24, 2.45) is 0 Å². The summed E-state index contributed by atoms with van der Waals surface area (Å²) in [6.45, 7) is 4.38. The van der Waals surface area contributed by atoms with Gasteiger partial charge in [-0.05, 0) is 25.5 Å². The molecule has 1 aromatic carbocycles. The maximum Gasteiger partial charge on any atom is 0.169 e. The van der Waals surface area contributed by atoms with Crippen molar-refractivity contribution in [3.05, 3.63) is 51.8 Å². The molecular formula is C15H15ClF2N2O. The summed E-state index contributed by atoms with van der Waals surface area (Å²) in [7, 11) is 0. The molecule has 1 aromatic heterocycles. The molecule has 0 N–H and O–H groups in total. The van der Waals surface area contributed by atoms with Crippen LogP contribution in [0.5, 0.6) is 0 Å². The van der Waals surface area contributed by atoms with Crippen LogP contribution in [0.1, 0.15) is 35.6 Å². The number of Topliss-reactive ketones (excluding diaryl/α,β-unsaturated/α-hetero) is 1. The highest BCUT2D eigenvalue weighted by atomic mass is 35.5. The van der Waals surface area contributed by atoms with Gasteiger partial charge in [0.05, 0.1) is 22.8 Å². The highest BCUT2D eigenvalue weighted by Gasteiger charge is 2.19. The zero-order valence-electron chi connectivity index (χ0n) is 11.8. The summed E-state index contributed by atoms with van der Waals surface area (Å²) in [6.07, 6.45) is 0.615. The number of ketones is 1. The highest BCUT2D eigenvalue weighted by molar-refractivity contribution is 6.32. The molecule has 112 valence electrons. The second-order valence-corrected chi connectivity index (χ2v) is 5.01. The summed E-state index contributed by atoms with van der Waals surface area (Å²) in [5.74, 6) is -1.95. The summed E-state index contributed by atoms with van der Waals surface area (Å²) < 4.78 is 28.0. The first-order valence-electron chi connectivity index (χ1n) is 6.69. The lowest BCUT2D eigenvalue weighted by Crippen LogP contribution is -2.10. The molecule has 0 aliphatic carbocycles. The Morgan fingerprint density at radius 2 is 1.86 bits per heavy atom. The Morgan fingerprint density at radius 1 is 1.24 bits per heavy atom. The van der Waals surface area contributed by atoms with Crippen LogP contribution in [-0.4, -0.2) is 15.6 Å². The average Bonchev–Trinajstić information content (AvgIpc) is 2.74. The Bertz CT molecular complexity index is 662. The van der Waals surface area contributed by atoms with Crippen molar-refractivity contribution in [1.29, 1.82) is 0 Å². The van der Waals surface area contributed by atoms with Crippen molar-refractivity contribution in [3.8, 4) is 0 Å². The fraction of sp³-hybridized carbons (Fsp3) is 0.333. The van der Waals surface area contributed by atoms with Crippen molar-refractivity contribution in [2.45, 2.75) is 33.2 Å². The minimum Gasteiger partial charge on any atom is -0.294 e. The molecule has 0 saturated carbocycles. The fourth-order valence-corrected chi connectivity index (χ4v) is 2.49. The van der Waals surface area contributed by atoms with E-state index < -0.39 is 17.4 Å². The number of nitrogens with zero attached hydrogens (tertiary/aromatic N) is 2. The standard InChI is InChI=1S/C15H15ClF2N2O/c1-3-12-15(16)13(20(4-2)19-12)8-14(21)9-5-10(17)7-11(18)6-9/h5-7H,3-4,8H2,1-2H3. The fourth-order valence-electron chi connectivity index (χ4n) is 2.16. The van der Waals surface area contributed by atoms with Gasteiger partial charge in [-0.3, -0.25) is 9.48 Å². The lowest BCUT2D eigenvalue weighted by atomic mass is 10.1. The number of benzene rings is 1. The van der Waals surface area contributed by atoms with Gasteiger partial charge in [-0.15, -0.1) is 0 Å². The van der Waals surface area contributed by atoms with Crippen molar-refractivity contribution in [1.82, 2.24) is 9.78 Å². The molecule has 0 bridgehead atoms. The monoisotopic (exact) mass is 312 g/mol. The van der Waals surface area contributed by atoms with Crippen molar-refractivity contribution in [2.75, 3.05) is 0 Å². The zero-order valence-corrected chi connectivity index (χ0v) is 12.5. The van der Waals surface area contributed by atoms with Gasteiger partial charge in [0.15, 0.2) is 5.78 Å². The van der Waals surface area contributed by atoms with E-state index in [-0.39, 0.29) is 12.0 Å². The molecule has 0 atom stereocenters. The van der Waals surface area contributed by atoms with Crippen LogP contribution in [0.4, 0.5) is 8.78 Å². The SMILES string of the molecule is CCc1nn(CC)c(CC(=O)c2cc(F)cc(F)c2)c1Cl. The van der Waals surface area contributed by atoms with E-state index in [9.17, 15) is 13.6 Å². The van der Waals surface area contributed by atoms with Crippen LogP contribution < -0.4 is 0 Å². The van der Waals surface area contributed by atoms with Gasteiger partial charge in [0.2, 0.25) is 0 Å². The van der Waals surface area contributed by atoms with E-state index in [2.05, 4.69) is 5.10 Å². The van der Waals surface area contributed by atoms with Gasteiger partial charge in [-0.25, -0.2) is 8.78 Å². The minimum absolute atomic E-state index is 0.00883. The lowest BCUT2D eigenvalue weighted by Gasteiger charge is -2.05. The summed E-state index contributed by atoms with van der Waals surface area (Å²) in [5, 5.41) is 4.76. The smallest absolute Gasteiger partial charge is 0.169 e. The Hall–Kier alpha value is -1.75. The third-order valence-electron chi connectivity index (χ3n) is 3.21. The van der Waals surface area contributed by atoms with E-state index in [1.165, 1.54) is 0 Å². The normalized spacial score (nSPS) is 10.9. The Kier molecular flexibility index (Phi) is 4.73. The second kappa shape index (κ2) is 6.35. The van der Waals surface area contributed by atoms with Gasteiger partial charge in [0, 0.05) is 18.2 Å². The molecule has 0 unspecified atom stereocenters. The molecule has 2 aromatic rings. The van der Waals surface area contributed by atoms with E-state index in [0.717, 1.165) is 18.2 Å². The topological polar surface area (TPSA) is 34.9 Å². The van der Waals surface area contributed by atoms with Gasteiger partial charge in [-0.2, -0.15) is 5.10 Å². The van der Waals surface area contributed by atoms with Crippen LogP contribution in [0, 0.1) is 11.6 Å². The number of halogens is 3. The van der Waals surface area contributed by atoms with Crippen LogP contribution in [0.25, 0.3) is 0 Å². The Labute approximate surface area is 126 Å².